The summed E-state index contributed by atoms with van der Waals surface area (Å²) in [4.78, 5) is 23.0. The van der Waals surface area contributed by atoms with Gasteiger partial charge < -0.3 is 10.2 Å². The molecule has 0 amide bonds. The van der Waals surface area contributed by atoms with Crippen molar-refractivity contribution in [1.29, 1.82) is 0 Å². The van der Waals surface area contributed by atoms with Crippen LogP contribution in [0.1, 0.15) is 26.2 Å². The average molecular weight is 208 g/mol. The molecule has 0 radical (unpaired) electrons. The second-order valence-corrected chi connectivity index (χ2v) is 4.03. The molecule has 2 aliphatic rings. The minimum Gasteiger partial charge on any atom is -0.512 e. The first kappa shape index (κ1) is 9.96. The first-order chi connectivity index (χ1) is 7.02. The van der Waals surface area contributed by atoms with Crippen LogP contribution in [0.2, 0.25) is 0 Å². The first-order valence-corrected chi connectivity index (χ1v) is 4.94. The van der Waals surface area contributed by atoms with Crippen molar-refractivity contribution in [3.63, 3.8) is 0 Å². The number of aliphatic hydroxyl groups excluding tert-OH is 2. The highest BCUT2D eigenvalue weighted by molar-refractivity contribution is 6.15. The summed E-state index contributed by atoms with van der Waals surface area (Å²) in [6.07, 6.45) is 0.706. The summed E-state index contributed by atoms with van der Waals surface area (Å²) in [7, 11) is 0. The van der Waals surface area contributed by atoms with E-state index in [2.05, 4.69) is 0 Å². The van der Waals surface area contributed by atoms with Crippen LogP contribution in [0.5, 0.6) is 0 Å². The van der Waals surface area contributed by atoms with Gasteiger partial charge in [-0.25, -0.2) is 0 Å². The van der Waals surface area contributed by atoms with E-state index in [-0.39, 0.29) is 59.4 Å². The van der Waals surface area contributed by atoms with Gasteiger partial charge in [-0.3, -0.25) is 9.59 Å². The number of ketones is 2. The van der Waals surface area contributed by atoms with Gasteiger partial charge in [-0.1, -0.05) is 6.92 Å². The fraction of sp³-hybridized carbons (Fsp3) is 0.455. The number of rotatable bonds is 1. The van der Waals surface area contributed by atoms with Gasteiger partial charge in [0.15, 0.2) is 11.6 Å². The van der Waals surface area contributed by atoms with E-state index in [1.807, 2.05) is 0 Å². The van der Waals surface area contributed by atoms with Gasteiger partial charge in [-0.15, -0.1) is 0 Å². The van der Waals surface area contributed by atoms with Crippen molar-refractivity contribution in [1.82, 2.24) is 0 Å². The fourth-order valence-electron chi connectivity index (χ4n) is 2.06. The molecule has 0 heterocycles. The third-order valence-electron chi connectivity index (χ3n) is 2.90. The summed E-state index contributed by atoms with van der Waals surface area (Å²) in [6, 6.07) is 0. The third kappa shape index (κ3) is 1.37. The lowest BCUT2D eigenvalue weighted by molar-refractivity contribution is -0.117. The molecule has 2 aliphatic carbocycles. The normalized spacial score (nSPS) is 27.1. The Kier molecular flexibility index (Phi) is 2.14. The number of hydrogen-bond acceptors (Lipinski definition) is 4. The summed E-state index contributed by atoms with van der Waals surface area (Å²) < 4.78 is 0. The molecule has 2 rings (SSSR count). The van der Waals surface area contributed by atoms with Crippen LogP contribution in [0.15, 0.2) is 22.7 Å². The molecule has 4 heteroatoms. The van der Waals surface area contributed by atoms with Crippen LogP contribution in [0.4, 0.5) is 0 Å². The van der Waals surface area contributed by atoms with E-state index in [4.69, 9.17) is 0 Å². The molecular weight excluding hydrogens is 196 g/mol. The van der Waals surface area contributed by atoms with Crippen molar-refractivity contribution in [3.05, 3.63) is 22.7 Å². The van der Waals surface area contributed by atoms with Gasteiger partial charge in [0.25, 0.3) is 0 Å². The van der Waals surface area contributed by atoms with Crippen molar-refractivity contribution in [2.45, 2.75) is 26.2 Å². The summed E-state index contributed by atoms with van der Waals surface area (Å²) in [5, 5.41) is 19.2. The molecule has 0 fully saturated rings. The lowest BCUT2D eigenvalue weighted by atomic mass is 10.0. The lowest BCUT2D eigenvalue weighted by Crippen LogP contribution is -2.07. The Morgan fingerprint density at radius 3 is 2.13 bits per heavy atom. The fourth-order valence-corrected chi connectivity index (χ4v) is 2.06. The van der Waals surface area contributed by atoms with Gasteiger partial charge in [0.2, 0.25) is 0 Å². The van der Waals surface area contributed by atoms with Gasteiger partial charge >= 0.3 is 0 Å². The van der Waals surface area contributed by atoms with Crippen molar-refractivity contribution >= 4 is 11.6 Å². The van der Waals surface area contributed by atoms with Crippen LogP contribution in [0.3, 0.4) is 0 Å². The molecule has 1 unspecified atom stereocenters. The van der Waals surface area contributed by atoms with Crippen molar-refractivity contribution < 1.29 is 19.8 Å². The van der Waals surface area contributed by atoms with E-state index in [0.717, 1.165) is 0 Å². The van der Waals surface area contributed by atoms with E-state index in [1.165, 1.54) is 0 Å². The smallest absolute Gasteiger partial charge is 0.167 e. The molecule has 0 aliphatic heterocycles. The van der Waals surface area contributed by atoms with Crippen LogP contribution in [-0.2, 0) is 9.59 Å². The topological polar surface area (TPSA) is 74.6 Å². The summed E-state index contributed by atoms with van der Waals surface area (Å²) in [5.41, 5.74) is 0.0874. The molecule has 1 atom stereocenters. The highest BCUT2D eigenvalue weighted by Gasteiger charge is 2.37. The molecule has 15 heavy (non-hydrogen) atoms. The van der Waals surface area contributed by atoms with Crippen molar-refractivity contribution in [2.24, 2.45) is 5.92 Å². The van der Waals surface area contributed by atoms with E-state index < -0.39 is 0 Å². The van der Waals surface area contributed by atoms with Gasteiger partial charge in [0.1, 0.15) is 11.5 Å². The Balaban J connectivity index is 2.52. The predicted molar refractivity (Wildman–Crippen MR) is 52.3 cm³/mol. The molecule has 4 nitrogen and oxygen atoms in total. The second-order valence-electron chi connectivity index (χ2n) is 4.03. The molecule has 0 saturated carbocycles. The maximum absolute atomic E-state index is 11.6. The quantitative estimate of drug-likeness (QED) is 0.686. The first-order valence-electron chi connectivity index (χ1n) is 4.94. The SMILES string of the molecule is CC1CC(=O)C(C2=C(O)CCC2=O)=C1O. The summed E-state index contributed by atoms with van der Waals surface area (Å²) in [6.45, 7) is 1.72. The van der Waals surface area contributed by atoms with Crippen LogP contribution in [0.25, 0.3) is 0 Å². The Bertz CT molecular complexity index is 414. The van der Waals surface area contributed by atoms with E-state index in [9.17, 15) is 19.8 Å². The van der Waals surface area contributed by atoms with Crippen LogP contribution in [0, 0.1) is 5.92 Å². The number of allylic oxidation sites excluding steroid dienone is 4. The van der Waals surface area contributed by atoms with Gasteiger partial charge in [-0.05, 0) is 0 Å². The highest BCUT2D eigenvalue weighted by atomic mass is 16.3. The number of hydrogen-bond donors (Lipinski definition) is 2. The highest BCUT2D eigenvalue weighted by Crippen LogP contribution is 2.36. The van der Waals surface area contributed by atoms with Crippen LogP contribution >= 0.6 is 0 Å². The zero-order valence-corrected chi connectivity index (χ0v) is 8.41. The molecule has 0 aromatic heterocycles. The summed E-state index contributed by atoms with van der Waals surface area (Å²) in [5.74, 6) is -0.879. The summed E-state index contributed by atoms with van der Waals surface area (Å²) >= 11 is 0. The third-order valence-corrected chi connectivity index (χ3v) is 2.90. The number of carbonyl (C=O) groups excluding carboxylic acids is 2. The largest absolute Gasteiger partial charge is 0.512 e. The van der Waals surface area contributed by atoms with E-state index in [1.54, 1.807) is 6.92 Å². The molecule has 0 aromatic rings. The maximum Gasteiger partial charge on any atom is 0.167 e. The van der Waals surface area contributed by atoms with Crippen molar-refractivity contribution in [3.8, 4) is 0 Å². The Morgan fingerprint density at radius 2 is 1.73 bits per heavy atom. The minimum atomic E-state index is -0.253. The minimum absolute atomic E-state index is 0.0434. The molecule has 0 aromatic carbocycles. The van der Waals surface area contributed by atoms with E-state index in [0.29, 0.717) is 0 Å². The monoisotopic (exact) mass is 208 g/mol. The molecular formula is C11H12O4. The van der Waals surface area contributed by atoms with Crippen molar-refractivity contribution in [2.75, 3.05) is 0 Å². The van der Waals surface area contributed by atoms with E-state index >= 15 is 0 Å². The Hall–Kier alpha value is -1.58. The molecule has 80 valence electrons. The molecule has 0 saturated heterocycles. The number of carbonyl (C=O) groups is 2. The second kappa shape index (κ2) is 3.22. The zero-order chi connectivity index (χ0) is 11.2. The number of Topliss-reactive ketones (excluding diaryl/α,β-unsaturated/α-hetero) is 2. The maximum atomic E-state index is 11.6. The molecule has 0 spiro atoms. The average Bonchev–Trinajstić information content (AvgIpc) is 2.59. The zero-order valence-electron chi connectivity index (χ0n) is 8.41. The van der Waals surface area contributed by atoms with Gasteiger partial charge in [0.05, 0.1) is 11.1 Å². The predicted octanol–water partition coefficient (Wildman–Crippen LogP) is 1.58. The molecule has 2 N–H and O–H groups in total. The van der Waals surface area contributed by atoms with Crippen LogP contribution in [-0.4, -0.2) is 21.8 Å². The Labute approximate surface area is 86.9 Å². The molecule has 0 bridgehead atoms. The number of aliphatic hydroxyl groups is 2. The van der Waals surface area contributed by atoms with Gasteiger partial charge in [-0.2, -0.15) is 0 Å². The lowest BCUT2D eigenvalue weighted by Gasteiger charge is -2.03. The standard InChI is InChI=1S/C11H12O4/c1-5-4-8(14)10(11(5)15)9-6(12)2-3-7(9)13/h5,12,15H,2-4H2,1H3. The van der Waals surface area contributed by atoms with Gasteiger partial charge in [0, 0.05) is 25.2 Å². The Morgan fingerprint density at radius 1 is 1.07 bits per heavy atom. The van der Waals surface area contributed by atoms with Crippen LogP contribution < -0.4 is 0 Å².